The molecule has 0 radical (unpaired) electrons. The standard InChI is InChI=1S/C17H28N2OS/c1-14-8-10-16(11-9-14)19-17(20)15(2)18-12-6-4-5-7-13-21-3/h8-11,15,18H,4-7,12-13H2,1-3H3,(H,19,20). The van der Waals surface area contributed by atoms with E-state index in [1.54, 1.807) is 0 Å². The summed E-state index contributed by atoms with van der Waals surface area (Å²) in [7, 11) is 0. The second-order valence-electron chi connectivity index (χ2n) is 5.44. The molecule has 1 aromatic rings. The SMILES string of the molecule is CSCCCCCCNC(C)C(=O)Nc1ccc(C)cc1. The third-order valence-electron chi connectivity index (χ3n) is 3.44. The number of hydrogen-bond donors (Lipinski definition) is 2. The number of benzene rings is 1. The van der Waals surface area contributed by atoms with Crippen LogP contribution in [0.1, 0.15) is 38.2 Å². The lowest BCUT2D eigenvalue weighted by molar-refractivity contribution is -0.117. The van der Waals surface area contributed by atoms with Crippen LogP contribution in [0.15, 0.2) is 24.3 Å². The number of unbranched alkanes of at least 4 members (excludes halogenated alkanes) is 3. The molecular weight excluding hydrogens is 280 g/mol. The van der Waals surface area contributed by atoms with E-state index in [1.807, 2.05) is 49.9 Å². The van der Waals surface area contributed by atoms with Crippen LogP contribution in [-0.2, 0) is 4.79 Å². The number of amides is 1. The first-order valence-corrected chi connectivity index (χ1v) is 9.12. The number of anilines is 1. The maximum absolute atomic E-state index is 12.0. The van der Waals surface area contributed by atoms with Crippen LogP contribution in [0.4, 0.5) is 5.69 Å². The number of carbonyl (C=O) groups is 1. The van der Waals surface area contributed by atoms with Gasteiger partial charge in [-0.3, -0.25) is 4.79 Å². The summed E-state index contributed by atoms with van der Waals surface area (Å²) in [5.74, 6) is 1.28. The van der Waals surface area contributed by atoms with Crippen molar-refractivity contribution in [2.45, 2.75) is 45.6 Å². The molecule has 0 aliphatic heterocycles. The summed E-state index contributed by atoms with van der Waals surface area (Å²) in [5, 5.41) is 6.22. The summed E-state index contributed by atoms with van der Waals surface area (Å²) in [6.07, 6.45) is 7.10. The molecule has 0 bridgehead atoms. The van der Waals surface area contributed by atoms with E-state index >= 15 is 0 Å². The van der Waals surface area contributed by atoms with Crippen molar-refractivity contribution in [3.8, 4) is 0 Å². The van der Waals surface area contributed by atoms with Gasteiger partial charge in [0.15, 0.2) is 0 Å². The van der Waals surface area contributed by atoms with Crippen molar-refractivity contribution in [2.75, 3.05) is 23.9 Å². The third kappa shape index (κ3) is 8.12. The Labute approximate surface area is 133 Å². The zero-order valence-corrected chi connectivity index (χ0v) is 14.3. The molecule has 4 heteroatoms. The summed E-state index contributed by atoms with van der Waals surface area (Å²) in [4.78, 5) is 12.0. The highest BCUT2D eigenvalue weighted by atomic mass is 32.2. The van der Waals surface area contributed by atoms with Crippen LogP contribution in [0.25, 0.3) is 0 Å². The van der Waals surface area contributed by atoms with Gasteiger partial charge in [-0.05, 0) is 57.4 Å². The minimum atomic E-state index is -0.155. The molecule has 0 aromatic heterocycles. The van der Waals surface area contributed by atoms with Crippen LogP contribution in [0.2, 0.25) is 0 Å². The fourth-order valence-corrected chi connectivity index (χ4v) is 2.52. The molecule has 3 nitrogen and oxygen atoms in total. The zero-order valence-electron chi connectivity index (χ0n) is 13.4. The van der Waals surface area contributed by atoms with Gasteiger partial charge in [0.1, 0.15) is 0 Å². The smallest absolute Gasteiger partial charge is 0.241 e. The molecule has 0 aliphatic rings. The van der Waals surface area contributed by atoms with Crippen LogP contribution < -0.4 is 10.6 Å². The first-order chi connectivity index (χ1) is 10.1. The summed E-state index contributed by atoms with van der Waals surface area (Å²) < 4.78 is 0. The molecule has 1 amide bonds. The highest BCUT2D eigenvalue weighted by Gasteiger charge is 2.11. The molecule has 21 heavy (non-hydrogen) atoms. The highest BCUT2D eigenvalue weighted by molar-refractivity contribution is 7.98. The van der Waals surface area contributed by atoms with E-state index in [0.717, 1.165) is 18.7 Å². The molecular formula is C17H28N2OS. The van der Waals surface area contributed by atoms with E-state index in [-0.39, 0.29) is 11.9 Å². The van der Waals surface area contributed by atoms with Crippen molar-refractivity contribution < 1.29 is 4.79 Å². The summed E-state index contributed by atoms with van der Waals surface area (Å²) >= 11 is 1.91. The molecule has 1 unspecified atom stereocenters. The molecule has 0 fully saturated rings. The van der Waals surface area contributed by atoms with Gasteiger partial charge in [0.25, 0.3) is 0 Å². The Morgan fingerprint density at radius 2 is 1.81 bits per heavy atom. The van der Waals surface area contributed by atoms with Gasteiger partial charge in [0.05, 0.1) is 6.04 Å². The molecule has 0 saturated carbocycles. The van der Waals surface area contributed by atoms with E-state index in [0.29, 0.717) is 0 Å². The summed E-state index contributed by atoms with van der Waals surface area (Å²) in [5.41, 5.74) is 2.05. The number of aryl methyl sites for hydroxylation is 1. The lowest BCUT2D eigenvalue weighted by Gasteiger charge is -2.14. The Morgan fingerprint density at radius 3 is 2.48 bits per heavy atom. The first kappa shape index (κ1) is 18.1. The lowest BCUT2D eigenvalue weighted by atomic mass is 10.2. The lowest BCUT2D eigenvalue weighted by Crippen LogP contribution is -2.38. The van der Waals surface area contributed by atoms with Gasteiger partial charge >= 0.3 is 0 Å². The minimum Gasteiger partial charge on any atom is -0.325 e. The predicted octanol–water partition coefficient (Wildman–Crippen LogP) is 3.84. The van der Waals surface area contributed by atoms with Crippen molar-refractivity contribution in [3.05, 3.63) is 29.8 Å². The van der Waals surface area contributed by atoms with E-state index in [9.17, 15) is 4.79 Å². The Morgan fingerprint density at radius 1 is 1.14 bits per heavy atom. The second kappa shape index (κ2) is 10.7. The number of thioether (sulfide) groups is 1. The Bertz CT molecular complexity index is 406. The van der Waals surface area contributed by atoms with Crippen molar-refractivity contribution in [1.29, 1.82) is 0 Å². The summed E-state index contributed by atoms with van der Waals surface area (Å²) in [6.45, 7) is 4.86. The van der Waals surface area contributed by atoms with Gasteiger partial charge in [0.2, 0.25) is 5.91 Å². The van der Waals surface area contributed by atoms with Gasteiger partial charge in [-0.15, -0.1) is 0 Å². The normalized spacial score (nSPS) is 12.1. The molecule has 0 heterocycles. The van der Waals surface area contributed by atoms with E-state index < -0.39 is 0 Å². The number of hydrogen-bond acceptors (Lipinski definition) is 3. The predicted molar refractivity (Wildman–Crippen MR) is 94.1 cm³/mol. The maximum atomic E-state index is 12.0. The van der Waals surface area contributed by atoms with Gasteiger partial charge in [-0.1, -0.05) is 30.5 Å². The highest BCUT2D eigenvalue weighted by Crippen LogP contribution is 2.09. The Balaban J connectivity index is 2.15. The first-order valence-electron chi connectivity index (χ1n) is 7.73. The third-order valence-corrected chi connectivity index (χ3v) is 4.14. The number of carbonyl (C=O) groups excluding carboxylic acids is 1. The van der Waals surface area contributed by atoms with Gasteiger partial charge in [0, 0.05) is 5.69 Å². The molecule has 2 N–H and O–H groups in total. The zero-order chi connectivity index (χ0) is 15.5. The molecule has 1 rings (SSSR count). The average Bonchev–Trinajstić information content (AvgIpc) is 2.48. The van der Waals surface area contributed by atoms with Crippen molar-refractivity contribution in [1.82, 2.24) is 5.32 Å². The topological polar surface area (TPSA) is 41.1 Å². The van der Waals surface area contributed by atoms with Crippen LogP contribution in [0.5, 0.6) is 0 Å². The molecule has 0 aliphatic carbocycles. The second-order valence-corrected chi connectivity index (χ2v) is 6.42. The van der Waals surface area contributed by atoms with Crippen LogP contribution in [0.3, 0.4) is 0 Å². The fourth-order valence-electron chi connectivity index (χ4n) is 2.02. The van der Waals surface area contributed by atoms with Gasteiger partial charge in [-0.25, -0.2) is 0 Å². The quantitative estimate of drug-likeness (QED) is 0.645. The summed E-state index contributed by atoms with van der Waals surface area (Å²) in [6, 6.07) is 7.72. The van der Waals surface area contributed by atoms with Crippen molar-refractivity contribution in [2.24, 2.45) is 0 Å². The van der Waals surface area contributed by atoms with Crippen LogP contribution in [0, 0.1) is 6.92 Å². The fraction of sp³-hybridized carbons (Fsp3) is 0.588. The largest absolute Gasteiger partial charge is 0.325 e. The Hall–Kier alpha value is -1.00. The molecule has 0 saturated heterocycles. The molecule has 1 aromatic carbocycles. The van der Waals surface area contributed by atoms with Crippen LogP contribution >= 0.6 is 11.8 Å². The maximum Gasteiger partial charge on any atom is 0.241 e. The Kier molecular flexibility index (Phi) is 9.19. The van der Waals surface area contributed by atoms with Gasteiger partial charge < -0.3 is 10.6 Å². The number of rotatable bonds is 10. The van der Waals surface area contributed by atoms with Crippen LogP contribution in [-0.4, -0.2) is 30.5 Å². The van der Waals surface area contributed by atoms with Gasteiger partial charge in [-0.2, -0.15) is 11.8 Å². The molecule has 118 valence electrons. The van der Waals surface area contributed by atoms with E-state index in [2.05, 4.69) is 16.9 Å². The minimum absolute atomic E-state index is 0.0289. The molecule has 0 spiro atoms. The molecule has 1 atom stereocenters. The van der Waals surface area contributed by atoms with E-state index in [4.69, 9.17) is 0 Å². The van der Waals surface area contributed by atoms with Crippen molar-refractivity contribution in [3.63, 3.8) is 0 Å². The monoisotopic (exact) mass is 308 g/mol. The van der Waals surface area contributed by atoms with Crippen molar-refractivity contribution >= 4 is 23.4 Å². The average molecular weight is 308 g/mol. The number of nitrogens with one attached hydrogen (secondary N) is 2. The van der Waals surface area contributed by atoms with E-state index in [1.165, 1.54) is 30.6 Å².